The second-order valence-electron chi connectivity index (χ2n) is 6.71. The number of carbonyl (C=O) groups excluding carboxylic acids is 1. The molecule has 0 aliphatic carbocycles. The number of anilines is 1. The van der Waals surface area contributed by atoms with Crippen LogP contribution in [0.4, 0.5) is 5.69 Å². The molecule has 0 aliphatic rings. The van der Waals surface area contributed by atoms with E-state index < -0.39 is 22.5 Å². The molecular formula is C23H23NO5S. The summed E-state index contributed by atoms with van der Waals surface area (Å²) in [5.74, 6) is 0.0966. The first-order chi connectivity index (χ1) is 14.3. The zero-order valence-corrected chi connectivity index (χ0v) is 17.8. The first-order valence-corrected chi connectivity index (χ1v) is 10.7. The topological polar surface area (TPSA) is 72.9 Å². The molecule has 1 amide bonds. The number of benzene rings is 3. The number of ether oxygens (including phenoxy) is 2. The van der Waals surface area contributed by atoms with Crippen LogP contribution in [0.2, 0.25) is 0 Å². The van der Waals surface area contributed by atoms with Crippen LogP contribution in [0.5, 0.6) is 11.5 Å². The molecule has 0 aromatic heterocycles. The smallest absolute Gasteiger partial charge is 0.278 e. The van der Waals surface area contributed by atoms with Crippen LogP contribution in [-0.2, 0) is 14.8 Å². The maximum atomic E-state index is 13.4. The second kappa shape index (κ2) is 9.00. The third-order valence-corrected chi connectivity index (χ3v) is 6.26. The van der Waals surface area contributed by atoms with Gasteiger partial charge in [0.2, 0.25) is 0 Å². The second-order valence-corrected chi connectivity index (χ2v) is 8.49. The standard InChI is InChI=1S/C23H23NO5S/c1-17-13-14-18(2)20(15-17)24(30(26,27)19-9-5-4-6-10-19)23(25)16-29-22-12-8-7-11-21(22)28-3/h4-15H,16H2,1-3H3. The fourth-order valence-corrected chi connectivity index (χ4v) is 4.46. The SMILES string of the molecule is COc1ccccc1OCC(=O)N(c1cc(C)ccc1C)S(=O)(=O)c1ccccc1. The molecule has 0 spiro atoms. The minimum absolute atomic E-state index is 0.0246. The number of rotatable bonds is 7. The Balaban J connectivity index is 2.01. The molecule has 0 fully saturated rings. The van der Waals surface area contributed by atoms with E-state index in [0.717, 1.165) is 9.87 Å². The fraction of sp³-hybridized carbons (Fsp3) is 0.174. The van der Waals surface area contributed by atoms with E-state index in [1.54, 1.807) is 61.5 Å². The molecule has 0 N–H and O–H groups in total. The Labute approximate surface area is 176 Å². The summed E-state index contributed by atoms with van der Waals surface area (Å²) in [5.41, 5.74) is 1.79. The van der Waals surface area contributed by atoms with Crippen molar-refractivity contribution >= 4 is 21.6 Å². The summed E-state index contributed by atoms with van der Waals surface area (Å²) in [6.45, 7) is 3.13. The summed E-state index contributed by atoms with van der Waals surface area (Å²) in [6, 6.07) is 20.1. The lowest BCUT2D eigenvalue weighted by Crippen LogP contribution is -2.40. The van der Waals surface area contributed by atoms with Gasteiger partial charge in [0.25, 0.3) is 15.9 Å². The molecule has 0 aliphatic heterocycles. The van der Waals surface area contributed by atoms with Crippen LogP contribution >= 0.6 is 0 Å². The Morgan fingerprint density at radius 3 is 2.20 bits per heavy atom. The molecule has 7 heteroatoms. The van der Waals surface area contributed by atoms with Gasteiger partial charge in [-0.2, -0.15) is 4.31 Å². The van der Waals surface area contributed by atoms with Crippen molar-refractivity contribution in [3.63, 3.8) is 0 Å². The number of carbonyl (C=O) groups is 1. The van der Waals surface area contributed by atoms with Crippen molar-refractivity contribution in [2.45, 2.75) is 18.7 Å². The minimum Gasteiger partial charge on any atom is -0.493 e. The maximum absolute atomic E-state index is 13.4. The Morgan fingerprint density at radius 1 is 0.900 bits per heavy atom. The quantitative estimate of drug-likeness (QED) is 0.570. The molecule has 30 heavy (non-hydrogen) atoms. The van der Waals surface area contributed by atoms with Gasteiger partial charge in [-0.15, -0.1) is 0 Å². The zero-order chi connectivity index (χ0) is 21.7. The molecule has 3 aromatic rings. The molecule has 3 aromatic carbocycles. The first kappa shape index (κ1) is 21.4. The molecule has 6 nitrogen and oxygen atoms in total. The summed E-state index contributed by atoms with van der Waals surface area (Å²) in [5, 5.41) is 0. The van der Waals surface area contributed by atoms with Gasteiger partial charge in [-0.25, -0.2) is 8.42 Å². The van der Waals surface area contributed by atoms with Gasteiger partial charge < -0.3 is 9.47 Å². The number of nitrogens with zero attached hydrogens (tertiary/aromatic N) is 1. The van der Waals surface area contributed by atoms with Crippen molar-refractivity contribution in [2.24, 2.45) is 0 Å². The number of sulfonamides is 1. The van der Waals surface area contributed by atoms with Gasteiger partial charge in [-0.05, 0) is 55.3 Å². The van der Waals surface area contributed by atoms with Crippen molar-refractivity contribution in [3.8, 4) is 11.5 Å². The van der Waals surface area contributed by atoms with E-state index >= 15 is 0 Å². The summed E-state index contributed by atoms with van der Waals surface area (Å²) >= 11 is 0. The third-order valence-electron chi connectivity index (χ3n) is 4.51. The van der Waals surface area contributed by atoms with Crippen LogP contribution in [0, 0.1) is 13.8 Å². The molecule has 0 saturated heterocycles. The highest BCUT2D eigenvalue weighted by molar-refractivity contribution is 7.93. The van der Waals surface area contributed by atoms with E-state index in [1.807, 2.05) is 13.0 Å². The van der Waals surface area contributed by atoms with Crippen LogP contribution in [-0.4, -0.2) is 28.0 Å². The molecule has 0 unspecified atom stereocenters. The van der Waals surface area contributed by atoms with Crippen molar-refractivity contribution in [1.82, 2.24) is 0 Å². The van der Waals surface area contributed by atoms with Crippen LogP contribution in [0.15, 0.2) is 77.7 Å². The molecule has 0 radical (unpaired) electrons. The largest absolute Gasteiger partial charge is 0.493 e. The van der Waals surface area contributed by atoms with Crippen molar-refractivity contribution in [3.05, 3.63) is 83.9 Å². The van der Waals surface area contributed by atoms with E-state index in [-0.39, 0.29) is 4.90 Å². The molecule has 3 rings (SSSR count). The molecule has 156 valence electrons. The molecule has 0 atom stereocenters. The van der Waals surface area contributed by atoms with E-state index in [1.165, 1.54) is 19.2 Å². The number of methoxy groups -OCH3 is 1. The van der Waals surface area contributed by atoms with E-state index in [9.17, 15) is 13.2 Å². The Kier molecular flexibility index (Phi) is 6.42. The van der Waals surface area contributed by atoms with Crippen LogP contribution in [0.3, 0.4) is 0 Å². The predicted molar refractivity (Wildman–Crippen MR) is 116 cm³/mol. The highest BCUT2D eigenvalue weighted by Gasteiger charge is 2.32. The van der Waals surface area contributed by atoms with Gasteiger partial charge in [-0.3, -0.25) is 4.79 Å². The highest BCUT2D eigenvalue weighted by Crippen LogP contribution is 2.29. The van der Waals surface area contributed by atoms with Gasteiger partial charge in [0, 0.05) is 0 Å². The Morgan fingerprint density at radius 2 is 1.53 bits per heavy atom. The molecule has 0 saturated carbocycles. The number of para-hydroxylation sites is 2. The third kappa shape index (κ3) is 4.46. The number of aryl methyl sites for hydroxylation is 2. The zero-order valence-electron chi connectivity index (χ0n) is 17.0. The molecule has 0 heterocycles. The molecular weight excluding hydrogens is 402 g/mol. The van der Waals surface area contributed by atoms with Crippen molar-refractivity contribution < 1.29 is 22.7 Å². The number of hydrogen-bond acceptors (Lipinski definition) is 5. The number of hydrogen-bond donors (Lipinski definition) is 0. The van der Waals surface area contributed by atoms with E-state index in [4.69, 9.17) is 9.47 Å². The van der Waals surface area contributed by atoms with Crippen LogP contribution in [0.1, 0.15) is 11.1 Å². The lowest BCUT2D eigenvalue weighted by atomic mass is 10.1. The predicted octanol–water partition coefficient (Wildman–Crippen LogP) is 4.11. The average Bonchev–Trinajstić information content (AvgIpc) is 2.75. The first-order valence-electron chi connectivity index (χ1n) is 9.31. The van der Waals surface area contributed by atoms with Gasteiger partial charge >= 0.3 is 0 Å². The van der Waals surface area contributed by atoms with Crippen molar-refractivity contribution in [1.29, 1.82) is 0 Å². The fourth-order valence-electron chi connectivity index (χ4n) is 2.97. The van der Waals surface area contributed by atoms with E-state index in [2.05, 4.69) is 0 Å². The maximum Gasteiger partial charge on any atom is 0.278 e. The monoisotopic (exact) mass is 425 g/mol. The van der Waals surface area contributed by atoms with Crippen LogP contribution in [0.25, 0.3) is 0 Å². The Bertz CT molecular complexity index is 1140. The normalized spacial score (nSPS) is 11.0. The van der Waals surface area contributed by atoms with E-state index in [0.29, 0.717) is 22.7 Å². The Hall–Kier alpha value is -3.32. The lowest BCUT2D eigenvalue weighted by Gasteiger charge is -2.25. The van der Waals surface area contributed by atoms with Gasteiger partial charge in [0.05, 0.1) is 17.7 Å². The van der Waals surface area contributed by atoms with Crippen molar-refractivity contribution in [2.75, 3.05) is 18.0 Å². The van der Waals surface area contributed by atoms with Crippen LogP contribution < -0.4 is 13.8 Å². The highest BCUT2D eigenvalue weighted by atomic mass is 32.2. The number of amides is 1. The van der Waals surface area contributed by atoms with Gasteiger partial charge in [-0.1, -0.05) is 42.5 Å². The lowest BCUT2D eigenvalue weighted by molar-refractivity contribution is -0.119. The molecule has 0 bridgehead atoms. The summed E-state index contributed by atoms with van der Waals surface area (Å²) in [4.78, 5) is 13.2. The van der Waals surface area contributed by atoms with Gasteiger partial charge in [0.15, 0.2) is 18.1 Å². The minimum atomic E-state index is -4.14. The average molecular weight is 426 g/mol. The summed E-state index contributed by atoms with van der Waals surface area (Å²) in [7, 11) is -2.65. The van der Waals surface area contributed by atoms with Gasteiger partial charge in [0.1, 0.15) is 0 Å². The summed E-state index contributed by atoms with van der Waals surface area (Å²) in [6.07, 6.45) is 0. The summed E-state index contributed by atoms with van der Waals surface area (Å²) < 4.78 is 38.5.